The minimum absolute atomic E-state index is 0.0826. The van der Waals surface area contributed by atoms with Gasteiger partial charge >= 0.3 is 0 Å². The molecule has 1 aromatic carbocycles. The summed E-state index contributed by atoms with van der Waals surface area (Å²) in [6, 6.07) is 13.5. The Morgan fingerprint density at radius 3 is 2.29 bits per heavy atom. The van der Waals surface area contributed by atoms with E-state index in [9.17, 15) is 4.21 Å². The Morgan fingerprint density at radius 1 is 1.10 bits per heavy atom. The third-order valence-electron chi connectivity index (χ3n) is 3.31. The maximum absolute atomic E-state index is 12.6. The Labute approximate surface area is 129 Å². The molecule has 0 aliphatic carbocycles. The fraction of sp³-hybridized carbons (Fsp3) is 0.353. The molecule has 1 heterocycles. The molecule has 112 valence electrons. The van der Waals surface area contributed by atoms with E-state index in [1.807, 2.05) is 49.4 Å². The van der Waals surface area contributed by atoms with E-state index >= 15 is 0 Å². The molecule has 4 heteroatoms. The summed E-state index contributed by atoms with van der Waals surface area (Å²) in [5, 5.41) is 0. The van der Waals surface area contributed by atoms with Gasteiger partial charge in [0.2, 0.25) is 0 Å². The Balaban J connectivity index is 2.24. The van der Waals surface area contributed by atoms with Gasteiger partial charge in [-0.15, -0.1) is 0 Å². The van der Waals surface area contributed by atoms with Crippen LogP contribution in [0.5, 0.6) is 0 Å². The zero-order valence-electron chi connectivity index (χ0n) is 13.0. The Morgan fingerprint density at radius 2 is 1.76 bits per heavy atom. The Kier molecular flexibility index (Phi) is 4.91. The summed E-state index contributed by atoms with van der Waals surface area (Å²) in [5.74, 6) is 0. The first-order valence-electron chi connectivity index (χ1n) is 7.03. The van der Waals surface area contributed by atoms with Crippen LogP contribution in [0.25, 0.3) is 0 Å². The summed E-state index contributed by atoms with van der Waals surface area (Å²) in [4.78, 5) is 5.19. The number of nitrogens with one attached hydrogen (secondary N) is 1. The fourth-order valence-electron chi connectivity index (χ4n) is 2.06. The zero-order chi connectivity index (χ0) is 15.5. The van der Waals surface area contributed by atoms with Crippen LogP contribution in [-0.4, -0.2) is 9.19 Å². The van der Waals surface area contributed by atoms with Gasteiger partial charge in [-0.25, -0.2) is 8.93 Å². The number of aromatic nitrogens is 1. The van der Waals surface area contributed by atoms with E-state index in [1.165, 1.54) is 0 Å². The molecular formula is C17H22N2OS. The van der Waals surface area contributed by atoms with Crippen LogP contribution in [0.15, 0.2) is 53.6 Å². The molecule has 1 N–H and O–H groups in total. The maximum Gasteiger partial charge on any atom is 0.125 e. The number of aryl methyl sites for hydroxylation is 1. The largest absolute Gasteiger partial charge is 0.260 e. The molecule has 0 fully saturated rings. The highest BCUT2D eigenvalue weighted by molar-refractivity contribution is 7.83. The number of benzene rings is 1. The third-order valence-corrected chi connectivity index (χ3v) is 4.46. The quantitative estimate of drug-likeness (QED) is 0.933. The summed E-state index contributed by atoms with van der Waals surface area (Å²) < 4.78 is 15.8. The third kappa shape index (κ3) is 4.22. The van der Waals surface area contributed by atoms with Crippen molar-refractivity contribution in [1.82, 2.24) is 9.71 Å². The van der Waals surface area contributed by atoms with Gasteiger partial charge in [-0.1, -0.05) is 44.5 Å². The van der Waals surface area contributed by atoms with Gasteiger partial charge < -0.3 is 0 Å². The van der Waals surface area contributed by atoms with E-state index in [1.54, 1.807) is 6.20 Å². The van der Waals surface area contributed by atoms with Crippen molar-refractivity contribution in [1.29, 1.82) is 0 Å². The van der Waals surface area contributed by atoms with Crippen LogP contribution in [0.3, 0.4) is 0 Å². The van der Waals surface area contributed by atoms with Crippen molar-refractivity contribution in [3.8, 4) is 0 Å². The molecule has 0 spiro atoms. The second-order valence-electron chi connectivity index (χ2n) is 6.25. The second-order valence-corrected chi connectivity index (χ2v) is 7.50. The van der Waals surface area contributed by atoms with Crippen LogP contribution >= 0.6 is 0 Å². The van der Waals surface area contributed by atoms with Gasteiger partial charge in [0.05, 0.1) is 16.6 Å². The lowest BCUT2D eigenvalue weighted by Gasteiger charge is -2.30. The number of hydrogen-bond donors (Lipinski definition) is 1. The van der Waals surface area contributed by atoms with Crippen molar-refractivity contribution < 1.29 is 4.21 Å². The molecule has 0 unspecified atom stereocenters. The van der Waals surface area contributed by atoms with Gasteiger partial charge in [-0.3, -0.25) is 4.98 Å². The first-order chi connectivity index (χ1) is 9.88. The van der Waals surface area contributed by atoms with Crippen LogP contribution in [0.2, 0.25) is 0 Å². The summed E-state index contributed by atoms with van der Waals surface area (Å²) >= 11 is 0. The highest BCUT2D eigenvalue weighted by Gasteiger charge is 2.29. The summed E-state index contributed by atoms with van der Waals surface area (Å²) in [5.41, 5.74) is 1.98. The number of pyridine rings is 1. The van der Waals surface area contributed by atoms with E-state index < -0.39 is 11.0 Å². The van der Waals surface area contributed by atoms with Crippen LogP contribution in [0.1, 0.15) is 38.1 Å². The van der Waals surface area contributed by atoms with E-state index in [0.717, 1.165) is 16.2 Å². The number of nitrogens with zero attached hydrogens (tertiary/aromatic N) is 1. The predicted octanol–water partition coefficient (Wildman–Crippen LogP) is 3.79. The molecule has 0 radical (unpaired) electrons. The average Bonchev–Trinajstić information content (AvgIpc) is 2.45. The average molecular weight is 302 g/mol. The first-order valence-corrected chi connectivity index (χ1v) is 8.18. The molecule has 2 atom stereocenters. The summed E-state index contributed by atoms with van der Waals surface area (Å²) in [6.07, 6.45) is 1.77. The topological polar surface area (TPSA) is 42.0 Å². The van der Waals surface area contributed by atoms with Gasteiger partial charge in [-0.05, 0) is 36.6 Å². The van der Waals surface area contributed by atoms with Crippen molar-refractivity contribution in [2.75, 3.05) is 0 Å². The van der Waals surface area contributed by atoms with Gasteiger partial charge in [-0.2, -0.15) is 0 Å². The molecule has 0 aliphatic heterocycles. The molecule has 0 saturated carbocycles. The lowest BCUT2D eigenvalue weighted by molar-refractivity contribution is 0.302. The van der Waals surface area contributed by atoms with Crippen LogP contribution in [-0.2, 0) is 11.0 Å². The molecule has 2 aromatic rings. The predicted molar refractivity (Wildman–Crippen MR) is 87.2 cm³/mol. The number of rotatable bonds is 4. The highest BCUT2D eigenvalue weighted by Crippen LogP contribution is 2.32. The molecule has 2 rings (SSSR count). The molecule has 0 bridgehead atoms. The highest BCUT2D eigenvalue weighted by atomic mass is 32.2. The fourth-order valence-corrected chi connectivity index (χ4v) is 3.27. The van der Waals surface area contributed by atoms with Crippen LogP contribution in [0, 0.1) is 12.3 Å². The summed E-state index contributed by atoms with van der Waals surface area (Å²) in [7, 11) is -1.26. The molecule has 1 aromatic heterocycles. The molecule has 21 heavy (non-hydrogen) atoms. The molecule has 0 aliphatic rings. The van der Waals surface area contributed by atoms with Crippen molar-refractivity contribution in [2.45, 2.75) is 38.6 Å². The zero-order valence-corrected chi connectivity index (χ0v) is 13.8. The van der Waals surface area contributed by atoms with Gasteiger partial charge in [0, 0.05) is 6.20 Å². The van der Waals surface area contributed by atoms with Gasteiger partial charge in [0.25, 0.3) is 0 Å². The summed E-state index contributed by atoms with van der Waals surface area (Å²) in [6.45, 7) is 8.37. The lowest BCUT2D eigenvalue weighted by Crippen LogP contribution is -2.34. The maximum atomic E-state index is 12.6. The SMILES string of the molecule is Cc1ccc([S@](=O)N[C@@H](c2ccccn2)C(C)(C)C)cc1. The van der Waals surface area contributed by atoms with E-state index in [-0.39, 0.29) is 11.5 Å². The Hall–Kier alpha value is -1.52. The van der Waals surface area contributed by atoms with Crippen molar-refractivity contribution in [3.05, 3.63) is 59.9 Å². The molecular weight excluding hydrogens is 280 g/mol. The minimum Gasteiger partial charge on any atom is -0.260 e. The van der Waals surface area contributed by atoms with E-state index in [0.29, 0.717) is 0 Å². The normalized spacial score (nSPS) is 14.7. The van der Waals surface area contributed by atoms with E-state index in [4.69, 9.17) is 0 Å². The smallest absolute Gasteiger partial charge is 0.125 e. The van der Waals surface area contributed by atoms with Crippen molar-refractivity contribution in [3.63, 3.8) is 0 Å². The molecule has 3 nitrogen and oxygen atoms in total. The first kappa shape index (κ1) is 15.9. The lowest BCUT2D eigenvalue weighted by atomic mass is 9.85. The standard InChI is InChI=1S/C17H22N2OS/c1-13-8-10-14(11-9-13)21(20)19-16(17(2,3)4)15-7-5-6-12-18-15/h5-12,16,19H,1-4H3/t16-,21-/m0/s1. The molecule has 0 amide bonds. The van der Waals surface area contributed by atoms with Crippen LogP contribution in [0.4, 0.5) is 0 Å². The minimum atomic E-state index is -1.26. The Bertz CT molecular complexity index is 603. The van der Waals surface area contributed by atoms with Crippen LogP contribution < -0.4 is 4.72 Å². The van der Waals surface area contributed by atoms with Gasteiger partial charge in [0.1, 0.15) is 11.0 Å². The molecule has 0 saturated heterocycles. The van der Waals surface area contributed by atoms with Gasteiger partial charge in [0.15, 0.2) is 0 Å². The monoisotopic (exact) mass is 302 g/mol. The number of hydrogen-bond acceptors (Lipinski definition) is 2. The van der Waals surface area contributed by atoms with Crippen molar-refractivity contribution >= 4 is 11.0 Å². The van der Waals surface area contributed by atoms with E-state index in [2.05, 4.69) is 30.5 Å². The van der Waals surface area contributed by atoms with Crippen molar-refractivity contribution in [2.24, 2.45) is 5.41 Å². The second kappa shape index (κ2) is 6.50.